The van der Waals surface area contributed by atoms with Gasteiger partial charge >= 0.3 is 5.97 Å². The monoisotopic (exact) mass is 455 g/mol. The highest BCUT2D eigenvalue weighted by Crippen LogP contribution is 2.32. The maximum atomic E-state index is 12.2. The number of thioether (sulfide) groups is 1. The Morgan fingerprint density at radius 3 is 2.56 bits per heavy atom. The molecule has 2 aromatic carbocycles. The van der Waals surface area contributed by atoms with Gasteiger partial charge in [0.2, 0.25) is 0 Å². The Morgan fingerprint density at radius 1 is 1.16 bits per heavy atom. The Labute approximate surface area is 188 Å². The number of hydrogen-bond acceptors (Lipinski definition) is 8. The number of carboxylic acids is 1. The Bertz CT molecular complexity index is 1150. The highest BCUT2D eigenvalue weighted by molar-refractivity contribution is 7.99. The summed E-state index contributed by atoms with van der Waals surface area (Å²) in [5.74, 6) is -0.503. The molecule has 0 atom stereocenters. The molecule has 1 amide bonds. The molecule has 3 aromatic rings. The first kappa shape index (κ1) is 22.8. The van der Waals surface area contributed by atoms with Crippen molar-refractivity contribution in [3.05, 3.63) is 59.4 Å². The summed E-state index contributed by atoms with van der Waals surface area (Å²) in [6.07, 6.45) is 1.24. The van der Waals surface area contributed by atoms with Crippen LogP contribution in [0.2, 0.25) is 0 Å². The Kier molecular flexibility index (Phi) is 7.45. The average Bonchev–Trinajstić information content (AvgIpc) is 3.17. The molecule has 10 nitrogen and oxygen atoms in total. The molecule has 0 saturated carbocycles. The number of methoxy groups -OCH3 is 2. The highest BCUT2D eigenvalue weighted by atomic mass is 32.2. The van der Waals surface area contributed by atoms with Gasteiger partial charge in [0.25, 0.3) is 5.91 Å². The van der Waals surface area contributed by atoms with Gasteiger partial charge < -0.3 is 14.6 Å². The third kappa shape index (κ3) is 5.06. The van der Waals surface area contributed by atoms with Crippen LogP contribution in [0.1, 0.15) is 21.7 Å². The third-order valence-corrected chi connectivity index (χ3v) is 5.26. The van der Waals surface area contributed by atoms with Crippen LogP contribution in [-0.2, 0) is 4.79 Å². The lowest BCUT2D eigenvalue weighted by Crippen LogP contribution is -2.20. The van der Waals surface area contributed by atoms with Gasteiger partial charge in [-0.2, -0.15) is 5.10 Å². The number of hydrogen-bond donors (Lipinski definition) is 2. The molecule has 0 bridgehead atoms. The maximum Gasteiger partial charge on any atom is 0.340 e. The summed E-state index contributed by atoms with van der Waals surface area (Å²) >= 11 is 1.21. The lowest BCUT2D eigenvalue weighted by atomic mass is 10.1. The number of ether oxygens (including phenoxy) is 2. The molecule has 2 N–H and O–H groups in total. The van der Waals surface area contributed by atoms with Crippen molar-refractivity contribution in [2.24, 2.45) is 5.10 Å². The van der Waals surface area contributed by atoms with Crippen LogP contribution in [0.4, 0.5) is 0 Å². The first-order valence-corrected chi connectivity index (χ1v) is 10.3. The van der Waals surface area contributed by atoms with E-state index in [1.807, 2.05) is 41.8 Å². The zero-order chi connectivity index (χ0) is 23.1. The molecule has 0 aliphatic heterocycles. The van der Waals surface area contributed by atoms with Gasteiger partial charge in [-0.3, -0.25) is 9.36 Å². The zero-order valence-corrected chi connectivity index (χ0v) is 18.4. The van der Waals surface area contributed by atoms with Crippen LogP contribution in [0.5, 0.6) is 11.5 Å². The molecule has 0 aliphatic rings. The fourth-order valence-corrected chi connectivity index (χ4v) is 3.71. The number of aromatic carboxylic acids is 1. The molecule has 3 rings (SSSR count). The first-order valence-electron chi connectivity index (χ1n) is 9.36. The number of hydrazone groups is 1. The average molecular weight is 455 g/mol. The van der Waals surface area contributed by atoms with Crippen LogP contribution < -0.4 is 14.9 Å². The molecular weight excluding hydrogens is 434 g/mol. The van der Waals surface area contributed by atoms with Crippen molar-refractivity contribution in [1.29, 1.82) is 0 Å². The molecule has 1 aromatic heterocycles. The summed E-state index contributed by atoms with van der Waals surface area (Å²) in [6.45, 7) is 1.83. The number of nitrogens with zero attached hydrogens (tertiary/aromatic N) is 4. The zero-order valence-electron chi connectivity index (χ0n) is 17.6. The van der Waals surface area contributed by atoms with Gasteiger partial charge in [-0.25, -0.2) is 10.2 Å². The number of carbonyl (C=O) groups excluding carboxylic acids is 1. The molecule has 0 fully saturated rings. The molecule has 0 spiro atoms. The van der Waals surface area contributed by atoms with Crippen molar-refractivity contribution >= 4 is 29.9 Å². The third-order valence-electron chi connectivity index (χ3n) is 4.33. The maximum absolute atomic E-state index is 12.2. The molecule has 166 valence electrons. The van der Waals surface area contributed by atoms with Gasteiger partial charge in [-0.15, -0.1) is 10.2 Å². The van der Waals surface area contributed by atoms with Crippen LogP contribution in [0, 0.1) is 6.92 Å². The minimum atomic E-state index is -1.21. The predicted molar refractivity (Wildman–Crippen MR) is 119 cm³/mol. The van der Waals surface area contributed by atoms with Crippen LogP contribution in [-0.4, -0.2) is 57.9 Å². The molecule has 0 saturated heterocycles. The quantitative estimate of drug-likeness (QED) is 0.286. The van der Waals surface area contributed by atoms with Gasteiger partial charge in [0.15, 0.2) is 16.7 Å². The molecule has 0 unspecified atom stereocenters. The minimum absolute atomic E-state index is 0.0417. The van der Waals surface area contributed by atoms with Crippen LogP contribution in [0.25, 0.3) is 5.69 Å². The topological polar surface area (TPSA) is 128 Å². The molecular formula is C21H21N5O5S. The van der Waals surface area contributed by atoms with E-state index in [1.165, 1.54) is 38.3 Å². The van der Waals surface area contributed by atoms with E-state index in [0.29, 0.717) is 11.0 Å². The number of para-hydroxylation sites is 1. The summed E-state index contributed by atoms with van der Waals surface area (Å²) in [5.41, 5.74) is 3.41. The normalized spacial score (nSPS) is 10.8. The second-order valence-corrected chi connectivity index (χ2v) is 7.30. The largest absolute Gasteiger partial charge is 0.493 e. The highest BCUT2D eigenvalue weighted by Gasteiger charge is 2.20. The molecule has 11 heteroatoms. The van der Waals surface area contributed by atoms with E-state index in [4.69, 9.17) is 9.47 Å². The Hall–Kier alpha value is -3.86. The number of carboxylic acid groups (broad SMARTS) is 1. The lowest BCUT2D eigenvalue weighted by Gasteiger charge is -2.12. The first-order chi connectivity index (χ1) is 15.5. The summed E-state index contributed by atoms with van der Waals surface area (Å²) in [7, 11) is 2.76. The van der Waals surface area contributed by atoms with Crippen molar-refractivity contribution in [3.8, 4) is 17.2 Å². The van der Waals surface area contributed by atoms with Crippen molar-refractivity contribution in [2.75, 3.05) is 20.0 Å². The second-order valence-electron chi connectivity index (χ2n) is 6.35. The van der Waals surface area contributed by atoms with E-state index in [0.717, 1.165) is 5.69 Å². The van der Waals surface area contributed by atoms with Crippen LogP contribution in [0.3, 0.4) is 0 Å². The van der Waals surface area contributed by atoms with Gasteiger partial charge in [0, 0.05) is 11.3 Å². The van der Waals surface area contributed by atoms with Crippen molar-refractivity contribution < 1.29 is 24.2 Å². The molecule has 32 heavy (non-hydrogen) atoms. The number of rotatable bonds is 9. The van der Waals surface area contributed by atoms with E-state index in [1.54, 1.807) is 6.07 Å². The Morgan fingerprint density at radius 2 is 1.91 bits per heavy atom. The Balaban J connectivity index is 1.68. The summed E-state index contributed by atoms with van der Waals surface area (Å²) in [4.78, 5) is 23.9. The molecule has 1 heterocycles. The SMILES string of the molecule is COc1ccc(C=NNC(=O)CSc2nnc(C)n2-c2ccccc2)c(C(=O)O)c1OC. The summed E-state index contributed by atoms with van der Waals surface area (Å²) in [6, 6.07) is 12.6. The van der Waals surface area contributed by atoms with E-state index in [9.17, 15) is 14.7 Å². The number of nitrogens with one attached hydrogen (secondary N) is 1. The van der Waals surface area contributed by atoms with E-state index in [-0.39, 0.29) is 34.3 Å². The van der Waals surface area contributed by atoms with Crippen molar-refractivity contribution in [2.45, 2.75) is 12.1 Å². The van der Waals surface area contributed by atoms with E-state index in [2.05, 4.69) is 20.7 Å². The number of carbonyl (C=O) groups is 2. The lowest BCUT2D eigenvalue weighted by molar-refractivity contribution is -0.118. The smallest absolute Gasteiger partial charge is 0.340 e. The summed E-state index contributed by atoms with van der Waals surface area (Å²) in [5, 5.41) is 22.2. The second kappa shape index (κ2) is 10.4. The fraction of sp³-hybridized carbons (Fsp3) is 0.190. The van der Waals surface area contributed by atoms with Crippen molar-refractivity contribution in [3.63, 3.8) is 0 Å². The standard InChI is InChI=1S/C21H21N5O5S/c1-13-23-25-21(26(13)15-7-5-4-6-8-15)32-12-17(27)24-22-11-14-9-10-16(30-2)19(31-3)18(14)20(28)29/h4-11H,12H2,1-3H3,(H,24,27)(H,28,29). The van der Waals surface area contributed by atoms with Crippen LogP contribution in [0.15, 0.2) is 52.7 Å². The number of aromatic nitrogens is 3. The predicted octanol–water partition coefficient (Wildman–Crippen LogP) is 2.53. The fourth-order valence-electron chi connectivity index (χ4n) is 2.92. The minimum Gasteiger partial charge on any atom is -0.493 e. The number of aryl methyl sites for hydroxylation is 1. The number of amides is 1. The molecule has 0 aliphatic carbocycles. The molecule has 0 radical (unpaired) electrons. The van der Waals surface area contributed by atoms with Crippen molar-refractivity contribution in [1.82, 2.24) is 20.2 Å². The van der Waals surface area contributed by atoms with Gasteiger partial charge in [0.1, 0.15) is 11.4 Å². The van der Waals surface area contributed by atoms with E-state index >= 15 is 0 Å². The van der Waals surface area contributed by atoms with E-state index < -0.39 is 5.97 Å². The number of benzene rings is 2. The van der Waals surface area contributed by atoms with Crippen LogP contribution >= 0.6 is 11.8 Å². The van der Waals surface area contributed by atoms with Gasteiger partial charge in [-0.1, -0.05) is 30.0 Å². The van der Waals surface area contributed by atoms with Gasteiger partial charge in [0.05, 0.1) is 26.2 Å². The van der Waals surface area contributed by atoms with Gasteiger partial charge in [-0.05, 0) is 31.2 Å². The summed E-state index contributed by atoms with van der Waals surface area (Å²) < 4.78 is 12.1.